The van der Waals surface area contributed by atoms with E-state index in [9.17, 15) is 4.79 Å². The fourth-order valence-electron chi connectivity index (χ4n) is 4.37. The molecule has 1 amide bonds. The highest BCUT2D eigenvalue weighted by Crippen LogP contribution is 2.41. The molecule has 4 heterocycles. The van der Waals surface area contributed by atoms with Crippen molar-refractivity contribution in [3.63, 3.8) is 0 Å². The van der Waals surface area contributed by atoms with E-state index in [-0.39, 0.29) is 18.0 Å². The Hall–Kier alpha value is -4.04. The second-order valence-corrected chi connectivity index (χ2v) is 8.53. The molecular formula is C26H24N6OS. The van der Waals surface area contributed by atoms with E-state index in [1.807, 2.05) is 54.7 Å². The van der Waals surface area contributed by atoms with Crippen LogP contribution in [0.15, 0.2) is 91.5 Å². The summed E-state index contributed by atoms with van der Waals surface area (Å²) in [4.78, 5) is 22.5. The van der Waals surface area contributed by atoms with Crippen LogP contribution in [-0.4, -0.2) is 25.6 Å². The van der Waals surface area contributed by atoms with Crippen molar-refractivity contribution in [2.75, 3.05) is 10.2 Å². The van der Waals surface area contributed by atoms with Crippen LogP contribution in [0.2, 0.25) is 0 Å². The van der Waals surface area contributed by atoms with E-state index in [1.165, 1.54) is 6.92 Å². The Bertz CT molecular complexity index is 1290. The molecule has 1 fully saturated rings. The van der Waals surface area contributed by atoms with Crippen LogP contribution in [0.5, 0.6) is 0 Å². The fourth-order valence-corrected chi connectivity index (χ4v) is 4.72. The van der Waals surface area contributed by atoms with Gasteiger partial charge in [-0.25, -0.2) is 0 Å². The van der Waals surface area contributed by atoms with Crippen molar-refractivity contribution >= 4 is 34.6 Å². The van der Waals surface area contributed by atoms with Crippen molar-refractivity contribution in [3.8, 4) is 0 Å². The number of anilines is 2. The molecule has 2 atom stereocenters. The number of aromatic nitrogens is 3. The third-order valence-corrected chi connectivity index (χ3v) is 6.12. The summed E-state index contributed by atoms with van der Waals surface area (Å²) in [7, 11) is 0. The lowest BCUT2D eigenvalue weighted by Crippen LogP contribution is -2.30. The van der Waals surface area contributed by atoms with Crippen molar-refractivity contribution in [3.05, 3.63) is 108 Å². The maximum atomic E-state index is 11.4. The number of hydrogen-bond acceptors (Lipinski definition) is 4. The second-order valence-electron chi connectivity index (χ2n) is 8.15. The molecule has 0 saturated carbocycles. The Balaban J connectivity index is 1.56. The van der Waals surface area contributed by atoms with Crippen LogP contribution in [-0.2, 0) is 11.3 Å². The average Bonchev–Trinajstić information content (AvgIpc) is 3.44. The average molecular weight is 469 g/mol. The fraction of sp³-hybridized carbons (Fsp3) is 0.154. The largest absolute Gasteiger partial charge is 0.351 e. The molecule has 0 aliphatic carbocycles. The first-order valence-corrected chi connectivity index (χ1v) is 11.4. The lowest BCUT2D eigenvalue weighted by atomic mass is 10.0. The minimum absolute atomic E-state index is 0.104. The van der Waals surface area contributed by atoms with Crippen molar-refractivity contribution < 1.29 is 4.79 Å². The zero-order valence-electron chi connectivity index (χ0n) is 18.6. The van der Waals surface area contributed by atoms with Crippen LogP contribution in [0.4, 0.5) is 11.4 Å². The summed E-state index contributed by atoms with van der Waals surface area (Å²) in [6, 6.07) is 21.6. The van der Waals surface area contributed by atoms with E-state index in [1.54, 1.807) is 12.4 Å². The van der Waals surface area contributed by atoms with Crippen molar-refractivity contribution in [2.45, 2.75) is 25.6 Å². The lowest BCUT2D eigenvalue weighted by molar-refractivity contribution is -0.114. The van der Waals surface area contributed by atoms with E-state index in [4.69, 9.17) is 12.2 Å². The Morgan fingerprint density at radius 2 is 1.91 bits per heavy atom. The van der Waals surface area contributed by atoms with Crippen LogP contribution in [0.1, 0.15) is 36.0 Å². The second kappa shape index (κ2) is 9.44. The SMILES string of the molecule is CC(=O)Nc1ccc(N2C(=S)NC(c3ccccn3)C2c2cccn2Cc2cccnc2)cc1. The third-order valence-electron chi connectivity index (χ3n) is 5.81. The molecule has 3 aromatic heterocycles. The van der Waals surface area contributed by atoms with Gasteiger partial charge in [-0.15, -0.1) is 0 Å². The van der Waals surface area contributed by atoms with E-state index in [0.717, 1.165) is 28.3 Å². The summed E-state index contributed by atoms with van der Waals surface area (Å²) in [5, 5.41) is 6.94. The first kappa shape index (κ1) is 21.8. The van der Waals surface area contributed by atoms with Crippen LogP contribution in [0, 0.1) is 0 Å². The highest BCUT2D eigenvalue weighted by molar-refractivity contribution is 7.80. The molecule has 8 heteroatoms. The van der Waals surface area contributed by atoms with E-state index in [2.05, 4.69) is 54.5 Å². The van der Waals surface area contributed by atoms with Crippen molar-refractivity contribution in [2.24, 2.45) is 0 Å². The normalized spacial score (nSPS) is 17.4. The molecule has 0 spiro atoms. The molecule has 1 aliphatic heterocycles. The summed E-state index contributed by atoms with van der Waals surface area (Å²) in [6.07, 6.45) is 7.55. The Kier molecular flexibility index (Phi) is 6.05. The van der Waals surface area contributed by atoms with Crippen molar-refractivity contribution in [1.82, 2.24) is 19.9 Å². The number of carbonyl (C=O) groups excluding carboxylic acids is 1. The van der Waals surface area contributed by atoms with Gasteiger partial charge in [0.1, 0.15) is 6.04 Å². The number of pyridine rings is 2. The minimum atomic E-state index is -0.133. The number of amides is 1. The van der Waals surface area contributed by atoms with E-state index < -0.39 is 0 Å². The molecule has 4 aromatic rings. The first-order valence-electron chi connectivity index (χ1n) is 11.0. The number of benzene rings is 1. The molecule has 2 N–H and O–H groups in total. The third kappa shape index (κ3) is 4.40. The number of hydrogen-bond donors (Lipinski definition) is 2. The number of carbonyl (C=O) groups is 1. The summed E-state index contributed by atoms with van der Waals surface area (Å²) >= 11 is 5.82. The monoisotopic (exact) mass is 468 g/mol. The Labute approximate surface area is 203 Å². The summed E-state index contributed by atoms with van der Waals surface area (Å²) in [5.41, 5.74) is 4.82. The Morgan fingerprint density at radius 1 is 1.06 bits per heavy atom. The maximum absolute atomic E-state index is 11.4. The molecule has 1 saturated heterocycles. The predicted octanol–water partition coefficient (Wildman–Crippen LogP) is 4.46. The summed E-state index contributed by atoms with van der Waals surface area (Å²) < 4.78 is 2.23. The quantitative estimate of drug-likeness (QED) is 0.407. The van der Waals surface area contributed by atoms with Gasteiger partial charge in [0, 0.05) is 55.3 Å². The molecule has 170 valence electrons. The van der Waals surface area contributed by atoms with Gasteiger partial charge in [0.15, 0.2) is 5.11 Å². The van der Waals surface area contributed by atoms with Gasteiger partial charge in [-0.3, -0.25) is 14.8 Å². The van der Waals surface area contributed by atoms with Crippen LogP contribution in [0.3, 0.4) is 0 Å². The zero-order chi connectivity index (χ0) is 23.5. The first-order chi connectivity index (χ1) is 16.6. The van der Waals surface area contributed by atoms with Gasteiger partial charge in [-0.05, 0) is 72.4 Å². The summed E-state index contributed by atoms with van der Waals surface area (Å²) in [5.74, 6) is -0.104. The standard InChI is InChI=1S/C26H24N6OS/c1-18(33)29-20-9-11-21(12-10-20)32-25(24(30-26(32)34)22-7-2-3-14-28-22)23-8-5-15-31(23)17-19-6-4-13-27-16-19/h2-16,24-25H,17H2,1H3,(H,29,33)(H,30,34). The summed E-state index contributed by atoms with van der Waals surface area (Å²) in [6.45, 7) is 2.20. The molecule has 5 rings (SSSR count). The van der Waals surface area contributed by atoms with Gasteiger partial charge in [0.2, 0.25) is 5.91 Å². The molecule has 34 heavy (non-hydrogen) atoms. The molecule has 0 radical (unpaired) electrons. The molecule has 1 aliphatic rings. The maximum Gasteiger partial charge on any atom is 0.221 e. The number of nitrogens with one attached hydrogen (secondary N) is 2. The van der Waals surface area contributed by atoms with Crippen LogP contribution >= 0.6 is 12.2 Å². The molecule has 0 bridgehead atoms. The smallest absolute Gasteiger partial charge is 0.221 e. The lowest BCUT2D eigenvalue weighted by Gasteiger charge is -2.29. The minimum Gasteiger partial charge on any atom is -0.351 e. The van der Waals surface area contributed by atoms with Crippen molar-refractivity contribution in [1.29, 1.82) is 0 Å². The van der Waals surface area contributed by atoms with Gasteiger partial charge in [-0.1, -0.05) is 12.1 Å². The number of rotatable bonds is 6. The molecular weight excluding hydrogens is 444 g/mol. The zero-order valence-corrected chi connectivity index (χ0v) is 19.4. The number of nitrogens with zero attached hydrogens (tertiary/aromatic N) is 4. The van der Waals surface area contributed by atoms with Gasteiger partial charge >= 0.3 is 0 Å². The van der Waals surface area contributed by atoms with Gasteiger partial charge in [0.25, 0.3) is 0 Å². The van der Waals surface area contributed by atoms with Gasteiger partial charge in [-0.2, -0.15) is 0 Å². The molecule has 1 aromatic carbocycles. The van der Waals surface area contributed by atoms with Gasteiger partial charge in [0.05, 0.1) is 11.7 Å². The number of thiocarbonyl (C=S) groups is 1. The highest BCUT2D eigenvalue weighted by atomic mass is 32.1. The predicted molar refractivity (Wildman–Crippen MR) is 136 cm³/mol. The Morgan fingerprint density at radius 3 is 2.62 bits per heavy atom. The highest BCUT2D eigenvalue weighted by Gasteiger charge is 2.42. The van der Waals surface area contributed by atoms with Gasteiger partial charge < -0.3 is 20.1 Å². The molecule has 2 unspecified atom stereocenters. The van der Waals surface area contributed by atoms with E-state index in [0.29, 0.717) is 11.7 Å². The topological polar surface area (TPSA) is 75.1 Å². The van der Waals surface area contributed by atoms with Crippen LogP contribution in [0.25, 0.3) is 0 Å². The molecule has 7 nitrogen and oxygen atoms in total. The van der Waals surface area contributed by atoms with E-state index >= 15 is 0 Å². The van der Waals surface area contributed by atoms with Crippen LogP contribution < -0.4 is 15.5 Å².